The van der Waals surface area contributed by atoms with Crippen molar-refractivity contribution in [3.05, 3.63) is 47.3 Å². The van der Waals surface area contributed by atoms with E-state index in [4.69, 9.17) is 4.74 Å². The normalized spacial score (nSPS) is 11.3. The van der Waals surface area contributed by atoms with Crippen molar-refractivity contribution in [3.63, 3.8) is 0 Å². The zero-order valence-corrected chi connectivity index (χ0v) is 18.5. The van der Waals surface area contributed by atoms with Gasteiger partial charge in [-0.05, 0) is 57.9 Å². The summed E-state index contributed by atoms with van der Waals surface area (Å²) in [7, 11) is 0. The number of nitrogens with zero attached hydrogens (tertiary/aromatic N) is 3. The SMILES string of the molecule is CCNC(=O)COc1cccc(CN=C(NCC)NCCCn2nc(C)cc2C)c1. The van der Waals surface area contributed by atoms with E-state index in [0.717, 1.165) is 43.3 Å². The van der Waals surface area contributed by atoms with Crippen LogP contribution in [0, 0.1) is 13.8 Å². The second-order valence-corrected chi connectivity index (χ2v) is 7.02. The highest BCUT2D eigenvalue weighted by Gasteiger charge is 2.04. The van der Waals surface area contributed by atoms with E-state index in [1.54, 1.807) is 0 Å². The van der Waals surface area contributed by atoms with Gasteiger partial charge in [-0.3, -0.25) is 9.48 Å². The Balaban J connectivity index is 1.83. The molecule has 2 rings (SSSR count). The van der Waals surface area contributed by atoms with Crippen LogP contribution in [0.4, 0.5) is 0 Å². The number of ether oxygens (including phenoxy) is 1. The molecular weight excluding hydrogens is 380 g/mol. The third kappa shape index (κ3) is 8.14. The van der Waals surface area contributed by atoms with Crippen LogP contribution in [0.25, 0.3) is 0 Å². The summed E-state index contributed by atoms with van der Waals surface area (Å²) < 4.78 is 7.58. The zero-order chi connectivity index (χ0) is 21.8. The minimum Gasteiger partial charge on any atom is -0.484 e. The van der Waals surface area contributed by atoms with Gasteiger partial charge in [0.2, 0.25) is 0 Å². The van der Waals surface area contributed by atoms with Gasteiger partial charge in [0.25, 0.3) is 5.91 Å². The molecule has 0 radical (unpaired) electrons. The van der Waals surface area contributed by atoms with E-state index in [9.17, 15) is 4.79 Å². The van der Waals surface area contributed by atoms with E-state index in [1.807, 2.05) is 49.7 Å². The second-order valence-electron chi connectivity index (χ2n) is 7.02. The predicted molar refractivity (Wildman–Crippen MR) is 120 cm³/mol. The van der Waals surface area contributed by atoms with Gasteiger partial charge in [-0.1, -0.05) is 12.1 Å². The van der Waals surface area contributed by atoms with Gasteiger partial charge in [0, 0.05) is 31.9 Å². The highest BCUT2D eigenvalue weighted by Crippen LogP contribution is 2.14. The molecule has 8 nitrogen and oxygen atoms in total. The number of aliphatic imine (C=N–C) groups is 1. The maximum Gasteiger partial charge on any atom is 0.257 e. The van der Waals surface area contributed by atoms with Crippen LogP contribution in [0.15, 0.2) is 35.3 Å². The standard InChI is InChI=1S/C22H34N6O2/c1-5-23-21(29)16-30-20-10-7-9-19(14-20)15-26-22(24-6-2)25-11-8-12-28-18(4)13-17(3)27-28/h7,9-10,13-14H,5-6,8,11-12,15-16H2,1-4H3,(H,23,29)(H2,24,25,26). The van der Waals surface area contributed by atoms with Crippen LogP contribution in [-0.4, -0.2) is 47.9 Å². The molecule has 30 heavy (non-hydrogen) atoms. The van der Waals surface area contributed by atoms with E-state index < -0.39 is 0 Å². The molecule has 0 aliphatic heterocycles. The van der Waals surface area contributed by atoms with Crippen LogP contribution < -0.4 is 20.7 Å². The molecule has 0 unspecified atom stereocenters. The molecule has 164 valence electrons. The van der Waals surface area contributed by atoms with Gasteiger partial charge in [0.05, 0.1) is 12.2 Å². The first kappa shape index (κ1) is 23.3. The largest absolute Gasteiger partial charge is 0.484 e. The summed E-state index contributed by atoms with van der Waals surface area (Å²) in [5.41, 5.74) is 3.25. The molecule has 8 heteroatoms. The number of aromatic nitrogens is 2. The predicted octanol–water partition coefficient (Wildman–Crippen LogP) is 2.16. The summed E-state index contributed by atoms with van der Waals surface area (Å²) in [5.74, 6) is 1.32. The molecule has 1 amide bonds. The average Bonchev–Trinajstić information content (AvgIpc) is 3.05. The molecule has 3 N–H and O–H groups in total. The summed E-state index contributed by atoms with van der Waals surface area (Å²) >= 11 is 0. The van der Waals surface area contributed by atoms with Crippen molar-refractivity contribution in [3.8, 4) is 5.75 Å². The Hall–Kier alpha value is -3.03. The Morgan fingerprint density at radius 3 is 2.63 bits per heavy atom. The van der Waals surface area contributed by atoms with E-state index in [0.29, 0.717) is 18.8 Å². The van der Waals surface area contributed by atoms with E-state index in [2.05, 4.69) is 39.0 Å². The Morgan fingerprint density at radius 2 is 1.93 bits per heavy atom. The van der Waals surface area contributed by atoms with Crippen molar-refractivity contribution in [2.24, 2.45) is 4.99 Å². The Bertz CT molecular complexity index is 831. The number of guanidine groups is 1. The molecule has 0 spiro atoms. The lowest BCUT2D eigenvalue weighted by Gasteiger charge is -2.12. The molecule has 0 aliphatic carbocycles. The van der Waals surface area contributed by atoms with E-state index >= 15 is 0 Å². The fourth-order valence-electron chi connectivity index (χ4n) is 2.98. The van der Waals surface area contributed by atoms with Crippen LogP contribution in [0.1, 0.15) is 37.2 Å². The Labute approximate surface area is 179 Å². The average molecular weight is 415 g/mol. The topological polar surface area (TPSA) is 92.6 Å². The number of nitrogens with one attached hydrogen (secondary N) is 3. The highest BCUT2D eigenvalue weighted by molar-refractivity contribution is 5.79. The van der Waals surface area contributed by atoms with Crippen molar-refractivity contribution in [1.82, 2.24) is 25.7 Å². The molecule has 0 fully saturated rings. The summed E-state index contributed by atoms with van der Waals surface area (Å²) in [6.45, 7) is 11.6. The first-order chi connectivity index (χ1) is 14.5. The number of carbonyl (C=O) groups excluding carboxylic acids is 1. The number of benzene rings is 1. The number of carbonyl (C=O) groups is 1. The lowest BCUT2D eigenvalue weighted by molar-refractivity contribution is -0.122. The number of rotatable bonds is 11. The number of hydrogen-bond donors (Lipinski definition) is 3. The molecule has 0 aliphatic rings. The zero-order valence-electron chi connectivity index (χ0n) is 18.5. The second kappa shape index (κ2) is 12.5. The van der Waals surface area contributed by atoms with Crippen LogP contribution >= 0.6 is 0 Å². The van der Waals surface area contributed by atoms with Crippen molar-refractivity contribution < 1.29 is 9.53 Å². The van der Waals surface area contributed by atoms with Gasteiger partial charge >= 0.3 is 0 Å². The van der Waals surface area contributed by atoms with Crippen molar-refractivity contribution in [2.45, 2.75) is 47.2 Å². The van der Waals surface area contributed by atoms with Gasteiger partial charge in [-0.15, -0.1) is 0 Å². The quantitative estimate of drug-likeness (QED) is 0.298. The van der Waals surface area contributed by atoms with Gasteiger partial charge < -0.3 is 20.7 Å². The minimum atomic E-state index is -0.125. The molecule has 1 aromatic carbocycles. The smallest absolute Gasteiger partial charge is 0.257 e. The Morgan fingerprint density at radius 1 is 1.13 bits per heavy atom. The summed E-state index contributed by atoms with van der Waals surface area (Å²) in [4.78, 5) is 16.2. The maximum atomic E-state index is 11.5. The fourth-order valence-corrected chi connectivity index (χ4v) is 2.98. The summed E-state index contributed by atoms with van der Waals surface area (Å²) in [5, 5.41) is 13.8. The van der Waals surface area contributed by atoms with Crippen molar-refractivity contribution in [2.75, 3.05) is 26.2 Å². The first-order valence-electron chi connectivity index (χ1n) is 10.5. The van der Waals surface area contributed by atoms with Crippen LogP contribution in [-0.2, 0) is 17.9 Å². The molecule has 0 bridgehead atoms. The molecule has 0 saturated heterocycles. The lowest BCUT2D eigenvalue weighted by Crippen LogP contribution is -2.38. The third-order valence-electron chi connectivity index (χ3n) is 4.35. The van der Waals surface area contributed by atoms with Crippen LogP contribution in [0.3, 0.4) is 0 Å². The number of hydrogen-bond acceptors (Lipinski definition) is 4. The van der Waals surface area contributed by atoms with Gasteiger partial charge in [0.1, 0.15) is 5.75 Å². The van der Waals surface area contributed by atoms with E-state index in [1.165, 1.54) is 5.69 Å². The molecule has 0 atom stereocenters. The number of aryl methyl sites for hydroxylation is 3. The highest BCUT2D eigenvalue weighted by atomic mass is 16.5. The lowest BCUT2D eigenvalue weighted by atomic mass is 10.2. The molecular formula is C22H34N6O2. The van der Waals surface area contributed by atoms with Crippen LogP contribution in [0.5, 0.6) is 5.75 Å². The molecule has 1 aromatic heterocycles. The summed E-state index contributed by atoms with van der Waals surface area (Å²) in [6, 6.07) is 9.75. The fraction of sp³-hybridized carbons (Fsp3) is 0.500. The van der Waals surface area contributed by atoms with Crippen molar-refractivity contribution >= 4 is 11.9 Å². The van der Waals surface area contributed by atoms with Gasteiger partial charge in [-0.2, -0.15) is 5.10 Å². The minimum absolute atomic E-state index is 0.0139. The van der Waals surface area contributed by atoms with E-state index in [-0.39, 0.29) is 12.5 Å². The molecule has 0 saturated carbocycles. The van der Waals surface area contributed by atoms with Crippen molar-refractivity contribution in [1.29, 1.82) is 0 Å². The van der Waals surface area contributed by atoms with Crippen LogP contribution in [0.2, 0.25) is 0 Å². The Kier molecular flexibility index (Phi) is 9.70. The number of likely N-dealkylation sites (N-methyl/N-ethyl adjacent to an activating group) is 1. The monoisotopic (exact) mass is 414 g/mol. The first-order valence-corrected chi connectivity index (χ1v) is 10.5. The molecule has 2 aromatic rings. The third-order valence-corrected chi connectivity index (χ3v) is 4.35. The van der Waals surface area contributed by atoms with Gasteiger partial charge in [0.15, 0.2) is 12.6 Å². The maximum absolute atomic E-state index is 11.5. The number of amides is 1. The van der Waals surface area contributed by atoms with Gasteiger partial charge in [-0.25, -0.2) is 4.99 Å². The molecule has 1 heterocycles. The summed E-state index contributed by atoms with van der Waals surface area (Å²) in [6.07, 6.45) is 0.954.